The molecule has 29 heavy (non-hydrogen) atoms. The lowest BCUT2D eigenvalue weighted by atomic mass is 10.0. The first kappa shape index (κ1) is 32.9. The van der Waals surface area contributed by atoms with E-state index in [4.69, 9.17) is 0 Å². The van der Waals surface area contributed by atoms with Crippen LogP contribution in [0.5, 0.6) is 0 Å². The van der Waals surface area contributed by atoms with Crippen molar-refractivity contribution in [3.63, 3.8) is 0 Å². The van der Waals surface area contributed by atoms with Crippen LogP contribution < -0.4 is 0 Å². The predicted molar refractivity (Wildman–Crippen MR) is 139 cm³/mol. The molecule has 174 valence electrons. The molecule has 0 fully saturated rings. The van der Waals surface area contributed by atoms with Gasteiger partial charge in [-0.3, -0.25) is 0 Å². The highest BCUT2D eigenvalue weighted by atomic mass is 14.0. The van der Waals surface area contributed by atoms with Crippen molar-refractivity contribution in [1.29, 1.82) is 0 Å². The molecule has 1 rings (SSSR count). The summed E-state index contributed by atoms with van der Waals surface area (Å²) in [6, 6.07) is 10.5. The van der Waals surface area contributed by atoms with Gasteiger partial charge in [0.25, 0.3) is 0 Å². The van der Waals surface area contributed by atoms with Gasteiger partial charge in [-0.2, -0.15) is 0 Å². The van der Waals surface area contributed by atoms with E-state index in [1.54, 1.807) is 0 Å². The lowest BCUT2D eigenvalue weighted by Crippen LogP contribution is -1.82. The first-order valence-electron chi connectivity index (χ1n) is 13.4. The fourth-order valence-electron chi connectivity index (χ4n) is 3.16. The maximum absolute atomic E-state index is 2.29. The number of unbranched alkanes of at least 4 members (excludes halogenated alkanes) is 14. The van der Waals surface area contributed by atoms with Crippen LogP contribution in [0.25, 0.3) is 0 Å². The Kier molecular flexibility index (Phi) is 39.3. The van der Waals surface area contributed by atoms with Crippen LogP contribution in [-0.4, -0.2) is 0 Å². The molecule has 0 aromatic heterocycles. The molecule has 1 aromatic carbocycles. The Balaban J connectivity index is -0.000000465. The monoisotopic (exact) mass is 406 g/mol. The predicted octanol–water partition coefficient (Wildman–Crippen LogP) is 11.2. The maximum Gasteiger partial charge on any atom is -0.0307 e. The largest absolute Gasteiger partial charge is 0.0683 e. The van der Waals surface area contributed by atoms with Crippen LogP contribution >= 0.6 is 0 Å². The summed E-state index contributed by atoms with van der Waals surface area (Å²) in [6.07, 6.45) is 23.1. The summed E-state index contributed by atoms with van der Waals surface area (Å²) in [6.45, 7) is 14.7. The van der Waals surface area contributed by atoms with Crippen molar-refractivity contribution in [2.45, 2.75) is 151 Å². The number of benzene rings is 1. The Morgan fingerprint density at radius 3 is 0.897 bits per heavy atom. The average molecular weight is 407 g/mol. The second kappa shape index (κ2) is 34.7. The average Bonchev–Trinajstić information content (AvgIpc) is 2.80. The lowest BCUT2D eigenvalue weighted by molar-refractivity contribution is 0.534. The molecule has 1 aromatic rings. The van der Waals surface area contributed by atoms with Crippen molar-refractivity contribution < 1.29 is 0 Å². The molecule has 0 radical (unpaired) electrons. The van der Waals surface area contributed by atoms with Crippen LogP contribution in [0.3, 0.4) is 0 Å². The number of rotatable bonds is 15. The Bertz CT molecular complexity index is 313. The molecular weight excluding hydrogens is 348 g/mol. The third-order valence-electron chi connectivity index (χ3n) is 4.96. The van der Waals surface area contributed by atoms with Gasteiger partial charge in [0, 0.05) is 0 Å². The topological polar surface area (TPSA) is 0 Å². The Morgan fingerprint density at radius 1 is 0.414 bits per heavy atom. The SMILES string of the molecule is CC.CC.CCCCCCCCCCCCCCCCC.CCc1ccccc1. The van der Waals surface area contributed by atoms with E-state index in [1.165, 1.54) is 102 Å². The summed E-state index contributed by atoms with van der Waals surface area (Å²) in [4.78, 5) is 0. The standard InChI is InChI=1S/C17H36.C8H10.2C2H6/c1-3-5-7-9-11-13-15-17-16-14-12-10-8-6-4-2;1-2-8-6-4-3-5-7-8;2*1-2/h3-17H2,1-2H3;3-7H,2H2,1H3;2*1-2H3. The summed E-state index contributed by atoms with van der Waals surface area (Å²) in [5, 5.41) is 0. The zero-order chi connectivity index (χ0) is 22.4. The van der Waals surface area contributed by atoms with E-state index in [0.29, 0.717) is 0 Å². The summed E-state index contributed by atoms with van der Waals surface area (Å²) < 4.78 is 0. The molecule has 0 spiro atoms. The van der Waals surface area contributed by atoms with E-state index in [-0.39, 0.29) is 0 Å². The van der Waals surface area contributed by atoms with Gasteiger partial charge in [0.05, 0.1) is 0 Å². The van der Waals surface area contributed by atoms with Gasteiger partial charge in [-0.15, -0.1) is 0 Å². The number of hydrogen-bond donors (Lipinski definition) is 0. The van der Waals surface area contributed by atoms with E-state index < -0.39 is 0 Å². The van der Waals surface area contributed by atoms with Gasteiger partial charge in [-0.25, -0.2) is 0 Å². The van der Waals surface area contributed by atoms with E-state index >= 15 is 0 Å². The first-order chi connectivity index (χ1) is 14.3. The van der Waals surface area contributed by atoms with Crippen LogP contribution in [-0.2, 0) is 6.42 Å². The molecule has 0 heterocycles. The lowest BCUT2D eigenvalue weighted by Gasteiger charge is -2.02. The molecule has 0 amide bonds. The fourth-order valence-corrected chi connectivity index (χ4v) is 3.16. The van der Waals surface area contributed by atoms with E-state index in [2.05, 4.69) is 45.0 Å². The van der Waals surface area contributed by atoms with Gasteiger partial charge >= 0.3 is 0 Å². The van der Waals surface area contributed by atoms with Crippen molar-refractivity contribution >= 4 is 0 Å². The minimum Gasteiger partial charge on any atom is -0.0683 e. The van der Waals surface area contributed by atoms with Crippen LogP contribution in [0.1, 0.15) is 150 Å². The van der Waals surface area contributed by atoms with Gasteiger partial charge < -0.3 is 0 Å². The van der Waals surface area contributed by atoms with Crippen molar-refractivity contribution in [1.82, 2.24) is 0 Å². The molecule has 0 nitrogen and oxygen atoms in total. The van der Waals surface area contributed by atoms with Gasteiger partial charge in [0.15, 0.2) is 0 Å². The molecule has 0 bridgehead atoms. The van der Waals surface area contributed by atoms with Gasteiger partial charge in [0.2, 0.25) is 0 Å². The smallest absolute Gasteiger partial charge is 0.0307 e. The fraction of sp³-hybridized carbons (Fsp3) is 0.793. The Labute approximate surface area is 187 Å². The van der Waals surface area contributed by atoms with Crippen LogP contribution in [0.4, 0.5) is 0 Å². The van der Waals surface area contributed by atoms with E-state index in [9.17, 15) is 0 Å². The number of aryl methyl sites for hydroxylation is 1. The molecule has 0 aliphatic rings. The highest BCUT2D eigenvalue weighted by Crippen LogP contribution is 2.13. The molecule has 0 saturated carbocycles. The third-order valence-corrected chi connectivity index (χ3v) is 4.96. The van der Waals surface area contributed by atoms with E-state index in [1.807, 2.05) is 33.8 Å². The van der Waals surface area contributed by atoms with E-state index in [0.717, 1.165) is 6.42 Å². The summed E-state index contributed by atoms with van der Waals surface area (Å²) >= 11 is 0. The summed E-state index contributed by atoms with van der Waals surface area (Å²) in [5.41, 5.74) is 1.41. The maximum atomic E-state index is 2.29. The molecule has 0 aliphatic heterocycles. The second-order valence-electron chi connectivity index (χ2n) is 7.44. The molecule has 0 unspecified atom stereocenters. The van der Waals surface area contributed by atoms with Crippen molar-refractivity contribution in [3.8, 4) is 0 Å². The molecule has 0 N–H and O–H groups in total. The van der Waals surface area contributed by atoms with Gasteiger partial charge in [0.1, 0.15) is 0 Å². The Morgan fingerprint density at radius 2 is 0.690 bits per heavy atom. The normalized spacial score (nSPS) is 9.34. The minimum absolute atomic E-state index is 1.14. The zero-order valence-electron chi connectivity index (χ0n) is 21.7. The molecule has 0 aliphatic carbocycles. The zero-order valence-corrected chi connectivity index (χ0v) is 21.7. The molecule has 0 saturated heterocycles. The first-order valence-corrected chi connectivity index (χ1v) is 13.4. The molecular formula is C29H58. The minimum atomic E-state index is 1.14. The highest BCUT2D eigenvalue weighted by molar-refractivity contribution is 5.13. The molecule has 0 heteroatoms. The quantitative estimate of drug-likeness (QED) is 0.254. The van der Waals surface area contributed by atoms with Crippen LogP contribution in [0.2, 0.25) is 0 Å². The highest BCUT2D eigenvalue weighted by Gasteiger charge is 1.93. The van der Waals surface area contributed by atoms with Crippen molar-refractivity contribution in [2.75, 3.05) is 0 Å². The van der Waals surface area contributed by atoms with Crippen molar-refractivity contribution in [2.24, 2.45) is 0 Å². The van der Waals surface area contributed by atoms with Gasteiger partial charge in [-0.05, 0) is 12.0 Å². The Hall–Kier alpha value is -0.780. The van der Waals surface area contributed by atoms with Crippen molar-refractivity contribution in [3.05, 3.63) is 35.9 Å². The summed E-state index contributed by atoms with van der Waals surface area (Å²) in [7, 11) is 0. The number of hydrogen-bond acceptors (Lipinski definition) is 0. The third kappa shape index (κ3) is 32.1. The van der Waals surface area contributed by atoms with Gasteiger partial charge in [-0.1, -0.05) is 175 Å². The molecule has 0 atom stereocenters. The summed E-state index contributed by atoms with van der Waals surface area (Å²) in [5.74, 6) is 0. The van der Waals surface area contributed by atoms with Crippen LogP contribution in [0, 0.1) is 0 Å². The van der Waals surface area contributed by atoms with Crippen LogP contribution in [0.15, 0.2) is 30.3 Å². The second-order valence-corrected chi connectivity index (χ2v) is 7.44.